The Kier molecular flexibility index (Phi) is 6.30. The number of hydrogen-bond acceptors (Lipinski definition) is 1. The van der Waals surface area contributed by atoms with Crippen LogP contribution in [0.25, 0.3) is 0 Å². The molecule has 0 spiro atoms. The Morgan fingerprint density at radius 3 is 2.15 bits per heavy atom. The first-order valence-corrected chi connectivity index (χ1v) is 5.06. The Balaban J connectivity index is 0.00000144. The molecular formula is C11H21OY-. The molecule has 1 rings (SSSR count). The van der Waals surface area contributed by atoms with Gasteiger partial charge in [0.05, 0.1) is 0 Å². The van der Waals surface area contributed by atoms with Crippen LogP contribution in [-0.2, 0) is 37.4 Å². The summed E-state index contributed by atoms with van der Waals surface area (Å²) >= 11 is 0. The van der Waals surface area contributed by atoms with Crippen LogP contribution in [0.15, 0.2) is 0 Å². The zero-order chi connectivity index (χ0) is 9.30. The molecule has 0 N–H and O–H groups in total. The van der Waals surface area contributed by atoms with E-state index in [1.165, 1.54) is 5.92 Å². The third-order valence-electron chi connectivity index (χ3n) is 3.05. The van der Waals surface area contributed by atoms with E-state index in [4.69, 9.17) is 4.74 Å². The van der Waals surface area contributed by atoms with Crippen molar-refractivity contribution in [1.82, 2.24) is 0 Å². The number of rotatable bonds is 2. The van der Waals surface area contributed by atoms with Gasteiger partial charge in [-0.05, 0) is 12.3 Å². The molecule has 1 aliphatic heterocycles. The average molecular weight is 258 g/mol. The van der Waals surface area contributed by atoms with Crippen LogP contribution in [0.5, 0.6) is 0 Å². The molecule has 1 nitrogen and oxygen atoms in total. The minimum atomic E-state index is 0. The smallest absolute Gasteiger partial charge is 0.0300 e. The summed E-state index contributed by atoms with van der Waals surface area (Å²) in [5.74, 6) is 2.82. The molecule has 0 aliphatic carbocycles. The first kappa shape index (κ1) is 14.1. The maximum atomic E-state index is 5.96. The van der Waals surface area contributed by atoms with Gasteiger partial charge in [-0.3, -0.25) is 5.92 Å². The molecule has 0 aromatic rings. The molecule has 2 heteroatoms. The quantitative estimate of drug-likeness (QED) is 0.692. The van der Waals surface area contributed by atoms with Gasteiger partial charge in [0.1, 0.15) is 0 Å². The molecule has 0 bridgehead atoms. The van der Waals surface area contributed by atoms with Crippen molar-refractivity contribution in [3.05, 3.63) is 5.92 Å². The molecule has 1 heterocycles. The molecule has 0 aromatic heterocycles. The second-order valence-corrected chi connectivity index (χ2v) is 4.28. The van der Waals surface area contributed by atoms with E-state index in [2.05, 4.69) is 34.6 Å². The minimum Gasteiger partial charge on any atom is -0.409 e. The largest absolute Gasteiger partial charge is 0.409 e. The van der Waals surface area contributed by atoms with Gasteiger partial charge in [-0.2, -0.15) is 6.92 Å². The van der Waals surface area contributed by atoms with Gasteiger partial charge < -0.3 is 4.74 Å². The Hall–Kier alpha value is 1.06. The predicted octanol–water partition coefficient (Wildman–Crippen LogP) is 3.05. The third-order valence-corrected chi connectivity index (χ3v) is 3.05. The first-order valence-electron chi connectivity index (χ1n) is 5.06. The SMILES string of the molecule is CCC1OC(C(C)C)[C-](C)C1C.[Y]. The van der Waals surface area contributed by atoms with Gasteiger partial charge in [0.25, 0.3) is 0 Å². The Labute approximate surface area is 108 Å². The molecule has 0 saturated carbocycles. The molecular weight excluding hydrogens is 237 g/mol. The topological polar surface area (TPSA) is 9.23 Å². The van der Waals surface area contributed by atoms with Crippen molar-refractivity contribution < 1.29 is 37.4 Å². The van der Waals surface area contributed by atoms with Crippen molar-refractivity contribution in [3.63, 3.8) is 0 Å². The summed E-state index contributed by atoms with van der Waals surface area (Å²) in [6, 6.07) is 0. The molecule has 0 amide bonds. The van der Waals surface area contributed by atoms with Crippen LogP contribution in [0.4, 0.5) is 0 Å². The zero-order valence-electron chi connectivity index (χ0n) is 9.50. The first-order chi connectivity index (χ1) is 5.57. The summed E-state index contributed by atoms with van der Waals surface area (Å²) in [5.41, 5.74) is 0. The fourth-order valence-corrected chi connectivity index (χ4v) is 2.10. The second kappa shape index (κ2) is 5.83. The van der Waals surface area contributed by atoms with Gasteiger partial charge in [0.2, 0.25) is 0 Å². The molecule has 75 valence electrons. The van der Waals surface area contributed by atoms with Gasteiger partial charge in [-0.25, -0.2) is 0 Å². The van der Waals surface area contributed by atoms with Crippen molar-refractivity contribution in [2.75, 3.05) is 0 Å². The van der Waals surface area contributed by atoms with E-state index in [-0.39, 0.29) is 32.7 Å². The molecule has 3 atom stereocenters. The van der Waals surface area contributed by atoms with Crippen LogP contribution >= 0.6 is 0 Å². The average Bonchev–Trinajstić information content (AvgIpc) is 2.30. The number of hydrogen-bond donors (Lipinski definition) is 0. The van der Waals surface area contributed by atoms with E-state index in [1.54, 1.807) is 0 Å². The normalized spacial score (nSPS) is 35.1. The summed E-state index contributed by atoms with van der Waals surface area (Å²) in [4.78, 5) is 0. The molecule has 1 saturated heterocycles. The Bertz CT molecular complexity index is 147. The van der Waals surface area contributed by atoms with Gasteiger partial charge >= 0.3 is 0 Å². The van der Waals surface area contributed by atoms with E-state index < -0.39 is 0 Å². The van der Waals surface area contributed by atoms with Crippen LogP contribution < -0.4 is 0 Å². The molecule has 13 heavy (non-hydrogen) atoms. The summed E-state index contributed by atoms with van der Waals surface area (Å²) in [6.45, 7) is 11.2. The minimum absolute atomic E-state index is 0. The maximum absolute atomic E-state index is 5.96. The molecule has 3 unspecified atom stereocenters. The summed E-state index contributed by atoms with van der Waals surface area (Å²) < 4.78 is 5.96. The van der Waals surface area contributed by atoms with Crippen molar-refractivity contribution in [2.45, 2.75) is 53.2 Å². The van der Waals surface area contributed by atoms with Crippen molar-refractivity contribution in [2.24, 2.45) is 11.8 Å². The molecule has 0 aromatic carbocycles. The summed E-state index contributed by atoms with van der Waals surface area (Å²) in [7, 11) is 0. The summed E-state index contributed by atoms with van der Waals surface area (Å²) in [6.07, 6.45) is 2.02. The van der Waals surface area contributed by atoms with Crippen molar-refractivity contribution >= 4 is 0 Å². The molecule has 1 aliphatic rings. The fraction of sp³-hybridized carbons (Fsp3) is 0.909. The van der Waals surface area contributed by atoms with Crippen LogP contribution in [0, 0.1) is 17.8 Å². The summed E-state index contributed by atoms with van der Waals surface area (Å²) in [5, 5.41) is 0. The van der Waals surface area contributed by atoms with Crippen molar-refractivity contribution in [3.8, 4) is 0 Å². The molecule has 1 radical (unpaired) electrons. The fourth-order valence-electron chi connectivity index (χ4n) is 2.10. The van der Waals surface area contributed by atoms with Crippen molar-refractivity contribution in [1.29, 1.82) is 0 Å². The van der Waals surface area contributed by atoms with Crippen LogP contribution in [0.3, 0.4) is 0 Å². The second-order valence-electron chi connectivity index (χ2n) is 4.28. The van der Waals surface area contributed by atoms with E-state index in [0.29, 0.717) is 24.0 Å². The van der Waals surface area contributed by atoms with Crippen LogP contribution in [0.1, 0.15) is 41.0 Å². The van der Waals surface area contributed by atoms with E-state index in [1.807, 2.05) is 0 Å². The zero-order valence-corrected chi connectivity index (χ0v) is 12.3. The Morgan fingerprint density at radius 2 is 1.92 bits per heavy atom. The van der Waals surface area contributed by atoms with E-state index >= 15 is 0 Å². The van der Waals surface area contributed by atoms with E-state index in [0.717, 1.165) is 6.42 Å². The van der Waals surface area contributed by atoms with Crippen LogP contribution in [0.2, 0.25) is 0 Å². The number of ether oxygens (including phenoxy) is 1. The monoisotopic (exact) mass is 258 g/mol. The maximum Gasteiger partial charge on any atom is 0.0300 e. The molecule has 1 fully saturated rings. The van der Waals surface area contributed by atoms with Crippen LogP contribution in [-0.4, -0.2) is 12.2 Å². The predicted molar refractivity (Wildman–Crippen MR) is 51.9 cm³/mol. The van der Waals surface area contributed by atoms with E-state index in [9.17, 15) is 0 Å². The van der Waals surface area contributed by atoms with Gasteiger partial charge in [-0.15, -0.1) is 5.92 Å². The standard InChI is InChI=1S/C11H21O.Y/c1-6-10-8(4)9(5)11(12-10)7(2)3;/h7-8,10-11H,6H2,1-5H3;/q-1;. The Morgan fingerprint density at radius 1 is 1.38 bits per heavy atom. The van der Waals surface area contributed by atoms with Gasteiger partial charge in [0.15, 0.2) is 0 Å². The third kappa shape index (κ3) is 3.01. The van der Waals surface area contributed by atoms with Gasteiger partial charge in [-0.1, -0.05) is 33.8 Å². The van der Waals surface area contributed by atoms with Gasteiger partial charge in [0, 0.05) is 38.8 Å².